The molecule has 0 amide bonds. The lowest BCUT2D eigenvalue weighted by molar-refractivity contribution is -0.154. The van der Waals surface area contributed by atoms with Crippen molar-refractivity contribution in [3.8, 4) is 0 Å². The van der Waals surface area contributed by atoms with Gasteiger partial charge in [-0.2, -0.15) is 0 Å². The molecule has 0 spiro atoms. The molecular formula is C14H20O4. The van der Waals surface area contributed by atoms with E-state index in [2.05, 4.69) is 0 Å². The van der Waals surface area contributed by atoms with Gasteiger partial charge in [-0.3, -0.25) is 4.79 Å². The first-order valence-electron chi connectivity index (χ1n) is 6.18. The fraction of sp³-hybridized carbons (Fsp3) is 0.500. The molecule has 0 radical (unpaired) electrons. The van der Waals surface area contributed by atoms with Gasteiger partial charge < -0.3 is 13.9 Å². The molecule has 18 heavy (non-hydrogen) atoms. The summed E-state index contributed by atoms with van der Waals surface area (Å²) in [5, 5.41) is 0. The Bertz CT molecular complexity index is 361. The fourth-order valence-electron chi connectivity index (χ4n) is 1.51. The van der Waals surface area contributed by atoms with Crippen LogP contribution in [0.15, 0.2) is 35.0 Å². The minimum absolute atomic E-state index is 0.00353. The summed E-state index contributed by atoms with van der Waals surface area (Å²) in [4.78, 5) is 11.7. The summed E-state index contributed by atoms with van der Waals surface area (Å²) in [7, 11) is 0. The highest BCUT2D eigenvalue weighted by Crippen LogP contribution is 2.12. The molecule has 0 N–H and O–H groups in total. The second-order valence-electron chi connectivity index (χ2n) is 3.84. The molecule has 1 rings (SSSR count). The topological polar surface area (TPSA) is 48.7 Å². The fourth-order valence-corrected chi connectivity index (χ4v) is 1.51. The zero-order valence-electron chi connectivity index (χ0n) is 11.1. The molecule has 100 valence electrons. The molecule has 0 aliphatic heterocycles. The second kappa shape index (κ2) is 7.84. The summed E-state index contributed by atoms with van der Waals surface area (Å²) in [6.07, 6.45) is 4.43. The number of ketones is 1. The Labute approximate surface area is 108 Å². The molecule has 0 aromatic carbocycles. The van der Waals surface area contributed by atoms with Crippen LogP contribution in [0.25, 0.3) is 0 Å². The van der Waals surface area contributed by atoms with Crippen LogP contribution in [0.2, 0.25) is 0 Å². The summed E-state index contributed by atoms with van der Waals surface area (Å²) in [5.74, 6) is 0.185. The Morgan fingerprint density at radius 3 is 2.56 bits per heavy atom. The van der Waals surface area contributed by atoms with Gasteiger partial charge in [0.1, 0.15) is 0 Å². The number of ether oxygens (including phenoxy) is 2. The van der Waals surface area contributed by atoms with Crippen LogP contribution in [-0.4, -0.2) is 25.3 Å². The number of carbonyl (C=O) groups is 1. The Kier molecular flexibility index (Phi) is 6.39. The van der Waals surface area contributed by atoms with Gasteiger partial charge in [0.05, 0.1) is 6.26 Å². The lowest BCUT2D eigenvalue weighted by atomic mass is 10.1. The van der Waals surface area contributed by atoms with Crippen molar-refractivity contribution in [3.63, 3.8) is 0 Å². The average Bonchev–Trinajstić information content (AvgIpc) is 2.89. The molecule has 0 aliphatic rings. The zero-order valence-corrected chi connectivity index (χ0v) is 11.1. The minimum Gasteiger partial charge on any atom is -0.461 e. The smallest absolute Gasteiger partial charge is 0.220 e. The Balaban J connectivity index is 2.56. The van der Waals surface area contributed by atoms with Crippen molar-refractivity contribution in [1.29, 1.82) is 0 Å². The van der Waals surface area contributed by atoms with Gasteiger partial charge in [-0.15, -0.1) is 0 Å². The number of hydrogen-bond donors (Lipinski definition) is 0. The number of hydrogen-bond acceptors (Lipinski definition) is 4. The van der Waals surface area contributed by atoms with Crippen molar-refractivity contribution in [2.45, 2.75) is 27.1 Å². The van der Waals surface area contributed by atoms with Crippen LogP contribution in [0.1, 0.15) is 31.3 Å². The van der Waals surface area contributed by atoms with E-state index in [4.69, 9.17) is 13.9 Å². The lowest BCUT2D eigenvalue weighted by Gasteiger charge is -2.20. The van der Waals surface area contributed by atoms with E-state index >= 15 is 0 Å². The number of carbonyl (C=O) groups excluding carboxylic acids is 1. The highest BCUT2D eigenvalue weighted by molar-refractivity contribution is 6.02. The summed E-state index contributed by atoms with van der Waals surface area (Å²) in [5.41, 5.74) is 0. The molecule has 4 heteroatoms. The van der Waals surface area contributed by atoms with Crippen molar-refractivity contribution < 1.29 is 18.7 Å². The molecule has 0 saturated heterocycles. The Morgan fingerprint density at radius 2 is 2.06 bits per heavy atom. The van der Waals surface area contributed by atoms with Gasteiger partial charge in [0.25, 0.3) is 0 Å². The molecule has 0 aliphatic carbocycles. The van der Waals surface area contributed by atoms with Crippen molar-refractivity contribution in [2.24, 2.45) is 5.92 Å². The predicted molar refractivity (Wildman–Crippen MR) is 68.4 cm³/mol. The van der Waals surface area contributed by atoms with Gasteiger partial charge in [0.15, 0.2) is 12.1 Å². The quantitative estimate of drug-likeness (QED) is 0.405. The van der Waals surface area contributed by atoms with Gasteiger partial charge in [-0.1, -0.05) is 13.0 Å². The molecule has 1 atom stereocenters. The molecule has 0 fully saturated rings. The maximum atomic E-state index is 11.7. The Morgan fingerprint density at radius 1 is 1.39 bits per heavy atom. The Hall–Kier alpha value is -1.39. The van der Waals surface area contributed by atoms with E-state index in [9.17, 15) is 4.79 Å². The van der Waals surface area contributed by atoms with E-state index < -0.39 is 0 Å². The molecule has 1 heterocycles. The molecule has 1 unspecified atom stereocenters. The van der Waals surface area contributed by atoms with Crippen molar-refractivity contribution >= 4 is 5.78 Å². The van der Waals surface area contributed by atoms with Gasteiger partial charge in [0.2, 0.25) is 5.78 Å². The number of furan rings is 1. The van der Waals surface area contributed by atoms with Crippen LogP contribution < -0.4 is 0 Å². The highest BCUT2D eigenvalue weighted by Gasteiger charge is 2.15. The maximum Gasteiger partial charge on any atom is 0.220 e. The molecule has 0 bridgehead atoms. The molecule has 1 aromatic heterocycles. The van der Waals surface area contributed by atoms with Crippen LogP contribution in [0, 0.1) is 5.92 Å². The van der Waals surface area contributed by atoms with E-state index in [0.29, 0.717) is 19.0 Å². The van der Waals surface area contributed by atoms with E-state index in [1.807, 2.05) is 20.8 Å². The first-order valence-corrected chi connectivity index (χ1v) is 6.18. The molecule has 4 nitrogen and oxygen atoms in total. The summed E-state index contributed by atoms with van der Waals surface area (Å²) >= 11 is 0. The molecule has 1 aromatic rings. The van der Waals surface area contributed by atoms with Crippen LogP contribution in [0.5, 0.6) is 0 Å². The van der Waals surface area contributed by atoms with E-state index in [-0.39, 0.29) is 18.0 Å². The van der Waals surface area contributed by atoms with Crippen LogP contribution in [-0.2, 0) is 9.47 Å². The van der Waals surface area contributed by atoms with Crippen LogP contribution >= 0.6 is 0 Å². The van der Waals surface area contributed by atoms with Crippen LogP contribution in [0.3, 0.4) is 0 Å². The third-order valence-electron chi connectivity index (χ3n) is 2.41. The number of allylic oxidation sites excluding steroid dienone is 1. The summed E-state index contributed by atoms with van der Waals surface area (Å²) < 4.78 is 15.9. The largest absolute Gasteiger partial charge is 0.461 e. The lowest BCUT2D eigenvalue weighted by Crippen LogP contribution is -2.24. The van der Waals surface area contributed by atoms with E-state index in [1.54, 1.807) is 18.2 Å². The van der Waals surface area contributed by atoms with Crippen LogP contribution in [0.4, 0.5) is 0 Å². The van der Waals surface area contributed by atoms with Gasteiger partial charge in [0, 0.05) is 19.1 Å². The zero-order chi connectivity index (χ0) is 13.4. The monoisotopic (exact) mass is 252 g/mol. The van der Waals surface area contributed by atoms with Crippen molar-refractivity contribution in [2.75, 3.05) is 13.2 Å². The van der Waals surface area contributed by atoms with E-state index in [1.165, 1.54) is 12.3 Å². The standard InChI is InChI=1S/C14H20O4/c1-4-16-14(17-5-2)11(3)8-9-12(15)13-7-6-10-18-13/h6-11,14H,4-5H2,1-3H3/b9-8+. The van der Waals surface area contributed by atoms with Gasteiger partial charge >= 0.3 is 0 Å². The summed E-state index contributed by atoms with van der Waals surface area (Å²) in [6, 6.07) is 3.33. The van der Waals surface area contributed by atoms with Crippen molar-refractivity contribution in [3.05, 3.63) is 36.3 Å². The third kappa shape index (κ3) is 4.47. The van der Waals surface area contributed by atoms with E-state index in [0.717, 1.165) is 0 Å². The first-order chi connectivity index (χ1) is 8.69. The highest BCUT2D eigenvalue weighted by atomic mass is 16.7. The normalized spacial score (nSPS) is 13.3. The summed E-state index contributed by atoms with van der Waals surface area (Å²) in [6.45, 7) is 6.93. The first kappa shape index (κ1) is 14.7. The maximum absolute atomic E-state index is 11.7. The number of rotatable bonds is 8. The predicted octanol–water partition coefficient (Wildman–Crippen LogP) is 3.05. The average molecular weight is 252 g/mol. The van der Waals surface area contributed by atoms with Crippen molar-refractivity contribution in [1.82, 2.24) is 0 Å². The molecular weight excluding hydrogens is 232 g/mol. The molecule has 0 saturated carbocycles. The van der Waals surface area contributed by atoms with Gasteiger partial charge in [-0.05, 0) is 32.1 Å². The third-order valence-corrected chi connectivity index (χ3v) is 2.41. The minimum atomic E-state index is -0.319. The van der Waals surface area contributed by atoms with Gasteiger partial charge in [-0.25, -0.2) is 0 Å². The SMILES string of the molecule is CCOC(OCC)C(C)/C=C/C(=O)c1ccco1. The second-order valence-corrected chi connectivity index (χ2v) is 3.84.